The zero-order valence-electron chi connectivity index (χ0n) is 15.0. The number of carbonyl (C=O) groups is 4. The molecule has 24 heavy (non-hydrogen) atoms. The van der Waals surface area contributed by atoms with E-state index in [0.717, 1.165) is 6.08 Å². The lowest BCUT2D eigenvalue weighted by molar-refractivity contribution is -0.158. The van der Waals surface area contributed by atoms with E-state index >= 15 is 0 Å². The molecule has 0 aliphatic carbocycles. The van der Waals surface area contributed by atoms with E-state index in [-0.39, 0.29) is 5.70 Å². The third-order valence-electron chi connectivity index (χ3n) is 2.25. The Balaban J connectivity index is 5.15. The van der Waals surface area contributed by atoms with Crippen LogP contribution in [0.4, 0.5) is 4.79 Å². The molecule has 0 aromatic rings. The van der Waals surface area contributed by atoms with Crippen LogP contribution in [-0.2, 0) is 23.9 Å². The predicted octanol–water partition coefficient (Wildman–Crippen LogP) is 1.22. The van der Waals surface area contributed by atoms with Crippen molar-refractivity contribution in [2.45, 2.75) is 65.2 Å². The molecular formula is C16H26N2O6. The van der Waals surface area contributed by atoms with E-state index in [1.54, 1.807) is 41.5 Å². The molecule has 1 atom stereocenters. The van der Waals surface area contributed by atoms with Crippen molar-refractivity contribution in [1.29, 1.82) is 0 Å². The van der Waals surface area contributed by atoms with E-state index in [0.29, 0.717) is 6.29 Å². The number of amides is 1. The number of alkyl carbamates (subject to hydrolysis) is 1. The zero-order valence-corrected chi connectivity index (χ0v) is 15.0. The zero-order chi connectivity index (χ0) is 19.1. The van der Waals surface area contributed by atoms with Crippen LogP contribution in [0.5, 0.6) is 0 Å². The standard InChI is InChI=1S/C16H26N2O6/c1-15(2,3)23-13(21)12(8-11(20)7-10(17)9-19)18-14(22)24-16(4,5)6/h7,9,12H,8,17H2,1-6H3,(H,18,22). The van der Waals surface area contributed by atoms with Crippen molar-refractivity contribution in [3.8, 4) is 0 Å². The molecule has 0 aromatic carbocycles. The number of nitrogens with two attached hydrogens (primary N) is 1. The molecule has 0 saturated heterocycles. The van der Waals surface area contributed by atoms with Crippen LogP contribution >= 0.6 is 0 Å². The van der Waals surface area contributed by atoms with Gasteiger partial charge in [-0.15, -0.1) is 0 Å². The lowest BCUT2D eigenvalue weighted by atomic mass is 10.1. The Morgan fingerprint density at radius 1 is 1.04 bits per heavy atom. The van der Waals surface area contributed by atoms with Crippen LogP contribution in [0.15, 0.2) is 11.8 Å². The summed E-state index contributed by atoms with van der Waals surface area (Å²) in [7, 11) is 0. The van der Waals surface area contributed by atoms with Gasteiger partial charge in [-0.25, -0.2) is 9.59 Å². The van der Waals surface area contributed by atoms with Crippen molar-refractivity contribution in [2.24, 2.45) is 5.73 Å². The third kappa shape index (κ3) is 10.4. The summed E-state index contributed by atoms with van der Waals surface area (Å²) in [5.74, 6) is -1.40. The van der Waals surface area contributed by atoms with E-state index in [9.17, 15) is 19.2 Å². The number of ether oxygens (including phenoxy) is 2. The fourth-order valence-corrected chi connectivity index (χ4v) is 1.50. The monoisotopic (exact) mass is 342 g/mol. The second kappa shape index (κ2) is 8.47. The normalized spacial score (nSPS) is 13.7. The lowest BCUT2D eigenvalue weighted by Gasteiger charge is -2.25. The summed E-state index contributed by atoms with van der Waals surface area (Å²) in [5.41, 5.74) is 3.41. The van der Waals surface area contributed by atoms with Crippen molar-refractivity contribution >= 4 is 24.1 Å². The van der Waals surface area contributed by atoms with E-state index in [4.69, 9.17) is 15.2 Å². The molecule has 0 radical (unpaired) electrons. The molecule has 0 saturated carbocycles. The average molecular weight is 342 g/mol. The predicted molar refractivity (Wildman–Crippen MR) is 87.0 cm³/mol. The highest BCUT2D eigenvalue weighted by Crippen LogP contribution is 2.12. The number of aldehydes is 1. The first-order chi connectivity index (χ1) is 10.7. The summed E-state index contributed by atoms with van der Waals surface area (Å²) in [6.45, 7) is 9.94. The molecule has 8 heteroatoms. The van der Waals surface area contributed by atoms with Gasteiger partial charge in [0.2, 0.25) is 0 Å². The molecule has 1 amide bonds. The molecule has 3 N–H and O–H groups in total. The SMILES string of the molecule is CC(C)(C)OC(=O)NC(CC(=O)C=C(N)C=O)C(=O)OC(C)(C)C. The highest BCUT2D eigenvalue weighted by Gasteiger charge is 2.30. The molecule has 0 heterocycles. The Morgan fingerprint density at radius 3 is 1.96 bits per heavy atom. The van der Waals surface area contributed by atoms with Crippen LogP contribution in [0.1, 0.15) is 48.0 Å². The van der Waals surface area contributed by atoms with Crippen molar-refractivity contribution in [3.63, 3.8) is 0 Å². The first-order valence-corrected chi connectivity index (χ1v) is 7.41. The number of hydrogen-bond donors (Lipinski definition) is 2. The molecule has 0 bridgehead atoms. The fourth-order valence-electron chi connectivity index (χ4n) is 1.50. The van der Waals surface area contributed by atoms with Crippen molar-refractivity contribution in [2.75, 3.05) is 0 Å². The number of hydrogen-bond acceptors (Lipinski definition) is 7. The second-order valence-corrected chi connectivity index (χ2v) is 7.16. The van der Waals surface area contributed by atoms with Gasteiger partial charge in [-0.1, -0.05) is 0 Å². The maximum absolute atomic E-state index is 12.2. The fraction of sp³-hybridized carbons (Fsp3) is 0.625. The van der Waals surface area contributed by atoms with Gasteiger partial charge in [0.25, 0.3) is 0 Å². The number of nitrogens with one attached hydrogen (secondary N) is 1. The molecule has 136 valence electrons. The molecule has 1 unspecified atom stereocenters. The minimum absolute atomic E-state index is 0.278. The minimum atomic E-state index is -1.26. The van der Waals surface area contributed by atoms with Crippen molar-refractivity contribution in [3.05, 3.63) is 11.8 Å². The largest absolute Gasteiger partial charge is 0.458 e. The van der Waals surface area contributed by atoms with Crippen LogP contribution in [0.25, 0.3) is 0 Å². The number of rotatable bonds is 6. The van der Waals surface area contributed by atoms with Crippen molar-refractivity contribution < 1.29 is 28.7 Å². The Labute approximate surface area is 141 Å². The molecule has 0 aromatic heterocycles. The van der Waals surface area contributed by atoms with E-state index in [1.165, 1.54) is 0 Å². The smallest absolute Gasteiger partial charge is 0.408 e. The third-order valence-corrected chi connectivity index (χ3v) is 2.25. The van der Waals surface area contributed by atoms with Crippen LogP contribution in [0.2, 0.25) is 0 Å². The van der Waals surface area contributed by atoms with Crippen LogP contribution in [0, 0.1) is 0 Å². The Kier molecular flexibility index (Phi) is 7.63. The van der Waals surface area contributed by atoms with E-state index in [2.05, 4.69) is 5.32 Å². The van der Waals surface area contributed by atoms with Crippen molar-refractivity contribution in [1.82, 2.24) is 5.32 Å². The molecule has 8 nitrogen and oxygen atoms in total. The number of carbonyl (C=O) groups excluding carboxylic acids is 4. The van der Waals surface area contributed by atoms with Gasteiger partial charge in [-0.3, -0.25) is 9.59 Å². The quantitative estimate of drug-likeness (QED) is 0.422. The van der Waals surface area contributed by atoms with Gasteiger partial charge < -0.3 is 20.5 Å². The first-order valence-electron chi connectivity index (χ1n) is 7.41. The maximum Gasteiger partial charge on any atom is 0.408 e. The Hall–Kier alpha value is -2.38. The maximum atomic E-state index is 12.2. The van der Waals surface area contributed by atoms with Gasteiger partial charge in [0.05, 0.1) is 5.70 Å². The molecule has 0 rings (SSSR count). The summed E-state index contributed by atoms with van der Waals surface area (Å²) in [5, 5.41) is 2.30. The van der Waals surface area contributed by atoms with Crippen LogP contribution in [-0.4, -0.2) is 41.4 Å². The van der Waals surface area contributed by atoms with Gasteiger partial charge in [-0.2, -0.15) is 0 Å². The van der Waals surface area contributed by atoms with Gasteiger partial charge in [0.15, 0.2) is 12.1 Å². The summed E-state index contributed by atoms with van der Waals surface area (Å²) < 4.78 is 10.2. The molecule has 0 aliphatic heterocycles. The van der Waals surface area contributed by atoms with Gasteiger partial charge >= 0.3 is 12.1 Å². The number of ketones is 1. The summed E-state index contributed by atoms with van der Waals surface area (Å²) in [6, 6.07) is -1.26. The highest BCUT2D eigenvalue weighted by atomic mass is 16.6. The van der Waals surface area contributed by atoms with E-state index < -0.39 is 41.5 Å². The molecule has 0 fully saturated rings. The summed E-state index contributed by atoms with van der Waals surface area (Å²) in [4.78, 5) is 46.3. The number of esters is 1. The highest BCUT2D eigenvalue weighted by molar-refractivity contribution is 5.98. The van der Waals surface area contributed by atoms with Gasteiger partial charge in [0, 0.05) is 12.5 Å². The summed E-state index contributed by atoms with van der Waals surface area (Å²) in [6.07, 6.45) is -0.0793. The Bertz CT molecular complexity index is 526. The van der Waals surface area contributed by atoms with Gasteiger partial charge in [0.1, 0.15) is 17.2 Å². The lowest BCUT2D eigenvalue weighted by Crippen LogP contribution is -2.47. The molecular weight excluding hydrogens is 316 g/mol. The average Bonchev–Trinajstić information content (AvgIpc) is 2.33. The van der Waals surface area contributed by atoms with Crippen LogP contribution < -0.4 is 11.1 Å². The van der Waals surface area contributed by atoms with E-state index in [1.807, 2.05) is 0 Å². The Morgan fingerprint density at radius 2 is 1.54 bits per heavy atom. The molecule has 0 aliphatic rings. The molecule has 0 spiro atoms. The van der Waals surface area contributed by atoms with Crippen LogP contribution in [0.3, 0.4) is 0 Å². The topological polar surface area (TPSA) is 125 Å². The first kappa shape index (κ1) is 21.6. The minimum Gasteiger partial charge on any atom is -0.458 e. The number of allylic oxidation sites excluding steroid dienone is 2. The summed E-state index contributed by atoms with van der Waals surface area (Å²) >= 11 is 0. The second-order valence-electron chi connectivity index (χ2n) is 7.16. The van der Waals surface area contributed by atoms with Gasteiger partial charge in [-0.05, 0) is 41.5 Å².